The van der Waals surface area contributed by atoms with E-state index >= 15 is 0 Å². The Morgan fingerprint density at radius 3 is 2.80 bits per heavy atom. The van der Waals surface area contributed by atoms with Crippen molar-refractivity contribution in [3.05, 3.63) is 35.9 Å². The van der Waals surface area contributed by atoms with Gasteiger partial charge in [-0.15, -0.1) is 11.8 Å². The molecule has 2 saturated heterocycles. The fourth-order valence-corrected chi connectivity index (χ4v) is 2.70. The molecule has 3 unspecified atom stereocenters. The van der Waals surface area contributed by atoms with Crippen LogP contribution in [0.3, 0.4) is 0 Å². The molecule has 0 amide bonds. The summed E-state index contributed by atoms with van der Waals surface area (Å²) < 4.78 is 10.7. The third-order valence-electron chi connectivity index (χ3n) is 2.70. The minimum absolute atomic E-state index is 0.393. The summed E-state index contributed by atoms with van der Waals surface area (Å²) in [6.45, 7) is 2.53. The van der Waals surface area contributed by atoms with E-state index in [1.807, 2.05) is 11.8 Å². The second kappa shape index (κ2) is 4.16. The number of hydrogen-bond acceptors (Lipinski definition) is 3. The highest BCUT2D eigenvalue weighted by molar-refractivity contribution is 8.07. The average Bonchev–Trinajstić information content (AvgIpc) is 3.13. The second-order valence-corrected chi connectivity index (χ2v) is 5.38. The minimum Gasteiger partial charge on any atom is -0.377 e. The molecule has 1 aromatic rings. The quantitative estimate of drug-likeness (QED) is 0.713. The van der Waals surface area contributed by atoms with Crippen LogP contribution in [0.2, 0.25) is 0 Å². The molecule has 2 aliphatic heterocycles. The minimum atomic E-state index is 0.393. The highest BCUT2D eigenvalue weighted by atomic mass is 32.2. The molecular formula is C12H14O2S. The molecule has 3 heteroatoms. The Kier molecular flexibility index (Phi) is 2.69. The van der Waals surface area contributed by atoms with Gasteiger partial charge in [0.25, 0.3) is 0 Å². The SMILES string of the molecule is c1ccc(C2SC2COCC2CO2)cc1. The number of benzene rings is 1. The summed E-state index contributed by atoms with van der Waals surface area (Å²) >= 11 is 2.00. The van der Waals surface area contributed by atoms with E-state index < -0.39 is 0 Å². The van der Waals surface area contributed by atoms with Crippen molar-refractivity contribution in [2.24, 2.45) is 0 Å². The standard InChI is InChI=1S/C12H14O2S/c1-2-4-9(5-3-1)12-11(15-12)8-13-6-10-7-14-10/h1-5,10-12H,6-8H2. The van der Waals surface area contributed by atoms with Crippen LogP contribution in [0, 0.1) is 0 Å². The van der Waals surface area contributed by atoms with Crippen molar-refractivity contribution >= 4 is 11.8 Å². The topological polar surface area (TPSA) is 21.8 Å². The van der Waals surface area contributed by atoms with Gasteiger partial charge in [-0.1, -0.05) is 30.3 Å². The summed E-state index contributed by atoms with van der Waals surface area (Å²) in [5.74, 6) is 0. The van der Waals surface area contributed by atoms with Crippen molar-refractivity contribution in [1.29, 1.82) is 0 Å². The lowest BCUT2D eigenvalue weighted by Crippen LogP contribution is -2.07. The maximum absolute atomic E-state index is 5.59. The van der Waals surface area contributed by atoms with Crippen molar-refractivity contribution < 1.29 is 9.47 Å². The molecule has 0 bridgehead atoms. The van der Waals surface area contributed by atoms with E-state index in [0.717, 1.165) is 19.8 Å². The number of thioether (sulfide) groups is 1. The fraction of sp³-hybridized carbons (Fsp3) is 0.500. The highest BCUT2D eigenvalue weighted by Crippen LogP contribution is 2.54. The molecule has 80 valence electrons. The van der Waals surface area contributed by atoms with E-state index in [4.69, 9.17) is 9.47 Å². The molecule has 15 heavy (non-hydrogen) atoms. The van der Waals surface area contributed by atoms with Crippen molar-refractivity contribution in [1.82, 2.24) is 0 Å². The van der Waals surface area contributed by atoms with Gasteiger partial charge in [0.15, 0.2) is 0 Å². The molecule has 2 heterocycles. The van der Waals surface area contributed by atoms with Crippen molar-refractivity contribution in [3.63, 3.8) is 0 Å². The van der Waals surface area contributed by atoms with Gasteiger partial charge in [0.05, 0.1) is 19.8 Å². The molecule has 2 nitrogen and oxygen atoms in total. The molecule has 3 atom stereocenters. The van der Waals surface area contributed by atoms with E-state index in [2.05, 4.69) is 30.3 Å². The van der Waals surface area contributed by atoms with Gasteiger partial charge in [-0.3, -0.25) is 0 Å². The first-order valence-electron chi connectivity index (χ1n) is 5.33. The van der Waals surface area contributed by atoms with Crippen LogP contribution in [0.5, 0.6) is 0 Å². The molecular weight excluding hydrogens is 208 g/mol. The second-order valence-electron chi connectivity index (χ2n) is 4.00. The molecule has 0 N–H and O–H groups in total. The van der Waals surface area contributed by atoms with Gasteiger partial charge < -0.3 is 9.47 Å². The monoisotopic (exact) mass is 222 g/mol. The van der Waals surface area contributed by atoms with Gasteiger partial charge in [0.2, 0.25) is 0 Å². The van der Waals surface area contributed by atoms with Gasteiger partial charge in [-0.05, 0) is 5.56 Å². The van der Waals surface area contributed by atoms with E-state index in [0.29, 0.717) is 16.6 Å². The molecule has 1 aromatic carbocycles. The Balaban J connectivity index is 1.43. The van der Waals surface area contributed by atoms with Gasteiger partial charge in [0.1, 0.15) is 6.10 Å². The first-order chi connectivity index (χ1) is 7.43. The average molecular weight is 222 g/mol. The molecule has 0 aliphatic carbocycles. The van der Waals surface area contributed by atoms with Gasteiger partial charge >= 0.3 is 0 Å². The molecule has 0 saturated carbocycles. The van der Waals surface area contributed by atoms with E-state index in [9.17, 15) is 0 Å². The number of ether oxygens (including phenoxy) is 2. The van der Waals surface area contributed by atoms with Crippen LogP contribution >= 0.6 is 11.8 Å². The van der Waals surface area contributed by atoms with Crippen LogP contribution in [0.25, 0.3) is 0 Å². The van der Waals surface area contributed by atoms with E-state index in [1.165, 1.54) is 5.56 Å². The Morgan fingerprint density at radius 1 is 1.27 bits per heavy atom. The number of hydrogen-bond donors (Lipinski definition) is 0. The summed E-state index contributed by atoms with van der Waals surface area (Å²) in [4.78, 5) is 0. The van der Waals surface area contributed by atoms with E-state index in [-0.39, 0.29) is 0 Å². The highest BCUT2D eigenvalue weighted by Gasteiger charge is 2.39. The fourth-order valence-electron chi connectivity index (χ4n) is 1.69. The van der Waals surface area contributed by atoms with Gasteiger partial charge in [-0.2, -0.15) is 0 Å². The van der Waals surface area contributed by atoms with Crippen LogP contribution in [0.1, 0.15) is 10.8 Å². The predicted octanol–water partition coefficient (Wildman–Crippen LogP) is 2.26. The van der Waals surface area contributed by atoms with E-state index in [1.54, 1.807) is 0 Å². The van der Waals surface area contributed by atoms with Crippen LogP contribution < -0.4 is 0 Å². The molecule has 2 aliphatic rings. The molecule has 3 rings (SSSR count). The van der Waals surface area contributed by atoms with Crippen LogP contribution in [0.4, 0.5) is 0 Å². The zero-order valence-corrected chi connectivity index (χ0v) is 9.28. The third kappa shape index (κ3) is 2.54. The maximum Gasteiger partial charge on any atom is 0.104 e. The first kappa shape index (κ1) is 9.70. The predicted molar refractivity (Wildman–Crippen MR) is 61.1 cm³/mol. The zero-order chi connectivity index (χ0) is 10.1. The largest absolute Gasteiger partial charge is 0.377 e. The van der Waals surface area contributed by atoms with Gasteiger partial charge in [-0.25, -0.2) is 0 Å². The number of rotatable bonds is 5. The normalized spacial score (nSPS) is 32.7. The summed E-state index contributed by atoms with van der Waals surface area (Å²) in [5.41, 5.74) is 1.43. The molecule has 0 spiro atoms. The Morgan fingerprint density at radius 2 is 2.07 bits per heavy atom. The van der Waals surface area contributed by atoms with Crippen LogP contribution in [0.15, 0.2) is 30.3 Å². The van der Waals surface area contributed by atoms with Crippen molar-refractivity contribution in [3.8, 4) is 0 Å². The number of epoxide rings is 1. The Labute approximate surface area is 94.0 Å². The maximum atomic E-state index is 5.59. The van der Waals surface area contributed by atoms with Crippen molar-refractivity contribution in [2.75, 3.05) is 19.8 Å². The summed E-state index contributed by atoms with van der Waals surface area (Å²) in [7, 11) is 0. The first-order valence-corrected chi connectivity index (χ1v) is 6.27. The van der Waals surface area contributed by atoms with Crippen molar-refractivity contribution in [2.45, 2.75) is 16.6 Å². The summed E-state index contributed by atoms with van der Waals surface area (Å²) in [5, 5.41) is 1.32. The lowest BCUT2D eigenvalue weighted by Gasteiger charge is -2.00. The molecule has 0 aromatic heterocycles. The lowest BCUT2D eigenvalue weighted by atomic mass is 10.1. The molecule has 2 fully saturated rings. The Bertz CT molecular complexity index is 324. The summed E-state index contributed by atoms with van der Waals surface area (Å²) in [6.07, 6.45) is 0.393. The Hall–Kier alpha value is -0.510. The third-order valence-corrected chi connectivity index (χ3v) is 4.04. The molecule has 0 radical (unpaired) electrons. The van der Waals surface area contributed by atoms with Crippen LogP contribution in [-0.2, 0) is 9.47 Å². The lowest BCUT2D eigenvalue weighted by molar-refractivity contribution is 0.121. The van der Waals surface area contributed by atoms with Crippen LogP contribution in [-0.4, -0.2) is 31.2 Å². The smallest absolute Gasteiger partial charge is 0.104 e. The summed E-state index contributed by atoms with van der Waals surface area (Å²) in [6, 6.07) is 10.7. The zero-order valence-electron chi connectivity index (χ0n) is 8.46. The van der Waals surface area contributed by atoms with Gasteiger partial charge in [0, 0.05) is 10.5 Å².